The van der Waals surface area contributed by atoms with Crippen LogP contribution in [0.5, 0.6) is 0 Å². The first-order valence-corrected chi connectivity index (χ1v) is 8.56. The first-order chi connectivity index (χ1) is 11.2. The number of hydrogen-bond acceptors (Lipinski definition) is 4. The summed E-state index contributed by atoms with van der Waals surface area (Å²) in [6, 6.07) is 3.96. The van der Waals surface area contributed by atoms with Gasteiger partial charge in [-0.3, -0.25) is 14.5 Å². The van der Waals surface area contributed by atoms with Gasteiger partial charge < -0.3 is 15.1 Å². The average molecular weight is 319 g/mol. The van der Waals surface area contributed by atoms with Gasteiger partial charge in [-0.2, -0.15) is 0 Å². The zero-order valence-electron chi connectivity index (χ0n) is 13.4. The van der Waals surface area contributed by atoms with Gasteiger partial charge in [0.1, 0.15) is 5.76 Å². The van der Waals surface area contributed by atoms with Crippen LogP contribution < -0.4 is 10.6 Å². The van der Waals surface area contributed by atoms with Gasteiger partial charge in [-0.1, -0.05) is 6.42 Å². The smallest absolute Gasteiger partial charge is 0.224 e. The van der Waals surface area contributed by atoms with Crippen LogP contribution in [0.1, 0.15) is 43.9 Å². The molecule has 2 N–H and O–H groups in total. The molecule has 0 radical (unpaired) electrons. The number of piperidine rings is 2. The molecule has 0 bridgehead atoms. The van der Waals surface area contributed by atoms with Gasteiger partial charge in [0.15, 0.2) is 0 Å². The Morgan fingerprint density at radius 2 is 2.22 bits per heavy atom. The Morgan fingerprint density at radius 3 is 2.87 bits per heavy atom. The summed E-state index contributed by atoms with van der Waals surface area (Å²) in [6.45, 7) is 3.08. The molecule has 2 fully saturated rings. The topological polar surface area (TPSA) is 74.6 Å². The average Bonchev–Trinajstić information content (AvgIpc) is 3.11. The molecule has 0 unspecified atom stereocenters. The molecule has 3 rings (SSSR count). The molecule has 6 heteroatoms. The molecule has 1 aromatic heterocycles. The number of carbonyl (C=O) groups is 2. The first-order valence-electron chi connectivity index (χ1n) is 8.56. The van der Waals surface area contributed by atoms with Crippen LogP contribution in [0.2, 0.25) is 0 Å². The predicted molar refractivity (Wildman–Crippen MR) is 85.6 cm³/mol. The van der Waals surface area contributed by atoms with Crippen molar-refractivity contribution in [1.29, 1.82) is 0 Å². The van der Waals surface area contributed by atoms with Crippen LogP contribution in [-0.4, -0.2) is 42.9 Å². The van der Waals surface area contributed by atoms with Gasteiger partial charge in [0, 0.05) is 19.5 Å². The van der Waals surface area contributed by atoms with Crippen molar-refractivity contribution in [2.24, 2.45) is 5.92 Å². The number of furan rings is 1. The fourth-order valence-corrected chi connectivity index (χ4v) is 3.42. The van der Waals surface area contributed by atoms with Crippen LogP contribution in [0.4, 0.5) is 0 Å². The molecule has 2 atom stereocenters. The maximum absolute atomic E-state index is 12.4. The highest BCUT2D eigenvalue weighted by atomic mass is 16.3. The van der Waals surface area contributed by atoms with Crippen LogP contribution in [0.15, 0.2) is 22.8 Å². The summed E-state index contributed by atoms with van der Waals surface area (Å²) < 4.78 is 5.59. The number of nitrogens with one attached hydrogen (secondary N) is 2. The molecule has 3 heterocycles. The van der Waals surface area contributed by atoms with Crippen LogP contribution in [0.3, 0.4) is 0 Å². The predicted octanol–water partition coefficient (Wildman–Crippen LogP) is 1.45. The Hall–Kier alpha value is -1.82. The summed E-state index contributed by atoms with van der Waals surface area (Å²) in [4.78, 5) is 25.9. The van der Waals surface area contributed by atoms with E-state index in [9.17, 15) is 9.59 Å². The molecule has 0 aliphatic carbocycles. The van der Waals surface area contributed by atoms with Gasteiger partial charge in [-0.05, 0) is 44.5 Å². The Morgan fingerprint density at radius 1 is 1.39 bits per heavy atom. The number of nitrogens with zero attached hydrogens (tertiary/aromatic N) is 1. The van der Waals surface area contributed by atoms with E-state index in [1.54, 1.807) is 6.26 Å². The number of carbonyl (C=O) groups excluding carboxylic acids is 2. The van der Waals surface area contributed by atoms with E-state index in [1.165, 1.54) is 19.3 Å². The number of likely N-dealkylation sites (tertiary alicyclic amines) is 1. The van der Waals surface area contributed by atoms with Crippen molar-refractivity contribution in [3.63, 3.8) is 0 Å². The molecule has 0 spiro atoms. The van der Waals surface area contributed by atoms with Crippen LogP contribution in [-0.2, 0) is 9.59 Å². The lowest BCUT2D eigenvalue weighted by Crippen LogP contribution is -2.46. The summed E-state index contributed by atoms with van der Waals surface area (Å²) in [5.41, 5.74) is 0. The quantitative estimate of drug-likeness (QED) is 0.861. The Bertz CT molecular complexity index is 513. The van der Waals surface area contributed by atoms with Crippen molar-refractivity contribution in [2.75, 3.05) is 26.2 Å². The van der Waals surface area contributed by atoms with E-state index in [1.807, 2.05) is 12.1 Å². The lowest BCUT2D eigenvalue weighted by molar-refractivity contribution is -0.129. The summed E-state index contributed by atoms with van der Waals surface area (Å²) >= 11 is 0. The summed E-state index contributed by atoms with van der Waals surface area (Å²) in [5.74, 6) is 0.852. The minimum Gasteiger partial charge on any atom is -0.468 e. The highest BCUT2D eigenvalue weighted by Gasteiger charge is 2.28. The second-order valence-electron chi connectivity index (χ2n) is 6.41. The number of rotatable bonds is 5. The standard InChI is InChI=1S/C17H25N3O3/c21-16-7-6-13(11-18-16)17(22)19-12-14(15-5-4-10-23-15)20-8-2-1-3-9-20/h4-5,10,13-14H,1-3,6-9,11-12H2,(H,18,21)(H,19,22)/t13-,14-/m0/s1. The third-order valence-electron chi connectivity index (χ3n) is 4.81. The fourth-order valence-electron chi connectivity index (χ4n) is 3.42. The Kier molecular flexibility index (Phi) is 5.33. The van der Waals surface area contributed by atoms with E-state index >= 15 is 0 Å². The Labute approximate surface area is 136 Å². The van der Waals surface area contributed by atoms with Gasteiger partial charge in [-0.25, -0.2) is 0 Å². The van der Waals surface area contributed by atoms with E-state index in [0.717, 1.165) is 18.8 Å². The molecule has 6 nitrogen and oxygen atoms in total. The number of amides is 2. The first kappa shape index (κ1) is 16.1. The third-order valence-corrected chi connectivity index (χ3v) is 4.81. The van der Waals surface area contributed by atoms with Gasteiger partial charge in [0.2, 0.25) is 11.8 Å². The molecule has 1 aromatic rings. The summed E-state index contributed by atoms with van der Waals surface area (Å²) in [7, 11) is 0. The molecule has 2 aliphatic rings. The molecule has 126 valence electrons. The minimum atomic E-state index is -0.119. The van der Waals surface area contributed by atoms with Crippen molar-refractivity contribution >= 4 is 11.8 Å². The molecule has 0 saturated carbocycles. The summed E-state index contributed by atoms with van der Waals surface area (Å²) in [5, 5.41) is 5.82. The fraction of sp³-hybridized carbons (Fsp3) is 0.647. The maximum Gasteiger partial charge on any atom is 0.224 e. The third kappa shape index (κ3) is 4.13. The maximum atomic E-state index is 12.4. The molecular formula is C17H25N3O3. The SMILES string of the molecule is O=C1CC[C@H](C(=O)NC[C@@H](c2ccco2)N2CCCCC2)CN1. The lowest BCUT2D eigenvalue weighted by Gasteiger charge is -2.34. The van der Waals surface area contributed by atoms with Crippen LogP contribution in [0.25, 0.3) is 0 Å². The van der Waals surface area contributed by atoms with Crippen molar-refractivity contribution in [3.8, 4) is 0 Å². The molecular weight excluding hydrogens is 294 g/mol. The van der Waals surface area contributed by atoms with Gasteiger partial charge in [0.05, 0.1) is 18.2 Å². The van der Waals surface area contributed by atoms with Crippen LogP contribution >= 0.6 is 0 Å². The van der Waals surface area contributed by atoms with Crippen LogP contribution in [0, 0.1) is 5.92 Å². The molecule has 2 aliphatic heterocycles. The van der Waals surface area contributed by atoms with Gasteiger partial charge in [-0.15, -0.1) is 0 Å². The van der Waals surface area contributed by atoms with Crippen molar-refractivity contribution in [3.05, 3.63) is 24.2 Å². The van der Waals surface area contributed by atoms with E-state index in [-0.39, 0.29) is 23.8 Å². The van der Waals surface area contributed by atoms with E-state index in [0.29, 0.717) is 25.9 Å². The second kappa shape index (κ2) is 7.64. The largest absolute Gasteiger partial charge is 0.468 e. The number of hydrogen-bond donors (Lipinski definition) is 2. The molecule has 2 saturated heterocycles. The normalized spacial score (nSPS) is 24.0. The highest BCUT2D eigenvalue weighted by Crippen LogP contribution is 2.24. The molecule has 23 heavy (non-hydrogen) atoms. The highest BCUT2D eigenvalue weighted by molar-refractivity contribution is 5.83. The van der Waals surface area contributed by atoms with Crippen molar-refractivity contribution in [1.82, 2.24) is 15.5 Å². The Balaban J connectivity index is 1.57. The van der Waals surface area contributed by atoms with E-state index in [4.69, 9.17) is 4.42 Å². The monoisotopic (exact) mass is 319 g/mol. The summed E-state index contributed by atoms with van der Waals surface area (Å²) in [6.07, 6.45) is 6.42. The zero-order chi connectivity index (χ0) is 16.1. The zero-order valence-corrected chi connectivity index (χ0v) is 13.4. The van der Waals surface area contributed by atoms with Gasteiger partial charge >= 0.3 is 0 Å². The van der Waals surface area contributed by atoms with E-state index in [2.05, 4.69) is 15.5 Å². The second-order valence-corrected chi connectivity index (χ2v) is 6.41. The van der Waals surface area contributed by atoms with Crippen molar-refractivity contribution in [2.45, 2.75) is 38.1 Å². The van der Waals surface area contributed by atoms with Crippen molar-refractivity contribution < 1.29 is 14.0 Å². The molecule has 0 aromatic carbocycles. The molecule has 2 amide bonds. The minimum absolute atomic E-state index is 0.0264. The van der Waals surface area contributed by atoms with E-state index < -0.39 is 0 Å². The van der Waals surface area contributed by atoms with Gasteiger partial charge in [0.25, 0.3) is 0 Å². The lowest BCUT2D eigenvalue weighted by atomic mass is 9.98.